The van der Waals surface area contributed by atoms with Crippen LogP contribution in [0.1, 0.15) is 62.5 Å². The smallest absolute Gasteiger partial charge is 0.269 e. The average molecular weight is 615 g/mol. The quantitative estimate of drug-likeness (QED) is 0.204. The van der Waals surface area contributed by atoms with Crippen molar-refractivity contribution in [2.24, 2.45) is 0 Å². The zero-order valence-electron chi connectivity index (χ0n) is 20.4. The maximum absolute atomic E-state index is 13.1. The first kappa shape index (κ1) is 25.4. The van der Waals surface area contributed by atoms with Crippen LogP contribution in [0.4, 0.5) is 5.69 Å². The molecular formula is C28H26INO7. The van der Waals surface area contributed by atoms with Gasteiger partial charge in [0, 0.05) is 54.9 Å². The SMILES string of the molecule is CCOc1cc(C2C3=C(CCCC3=O)OC3=C2C(=O)CCC3)cc(I)c1OCc1cccc([N+](=O)[O-])c1. The molecule has 0 amide bonds. The van der Waals surface area contributed by atoms with Crippen LogP contribution in [-0.4, -0.2) is 23.1 Å². The monoisotopic (exact) mass is 615 g/mol. The van der Waals surface area contributed by atoms with Crippen molar-refractivity contribution in [2.45, 2.75) is 58.0 Å². The molecule has 37 heavy (non-hydrogen) atoms. The van der Waals surface area contributed by atoms with E-state index in [0.29, 0.717) is 72.0 Å². The topological polar surface area (TPSA) is 105 Å². The summed E-state index contributed by atoms with van der Waals surface area (Å²) in [5, 5.41) is 11.1. The van der Waals surface area contributed by atoms with Crippen LogP contribution < -0.4 is 9.47 Å². The van der Waals surface area contributed by atoms with Crippen LogP contribution in [0.15, 0.2) is 59.1 Å². The first-order valence-electron chi connectivity index (χ1n) is 12.4. The van der Waals surface area contributed by atoms with E-state index >= 15 is 0 Å². The standard InChI is InChI=1S/C28H26INO7/c1-2-35-24-14-17(13-19(29)28(24)36-15-16-6-3-7-18(12-16)30(33)34)25-26-20(31)8-4-10-22(26)37-23-11-5-9-21(32)27(23)25/h3,6-7,12-14,25H,2,4-5,8-11,15H2,1H3. The Hall–Kier alpha value is -3.21. The van der Waals surface area contributed by atoms with Gasteiger partial charge in [-0.15, -0.1) is 0 Å². The molecule has 0 unspecified atom stereocenters. The molecule has 0 saturated carbocycles. The lowest BCUT2D eigenvalue weighted by Crippen LogP contribution is -2.30. The van der Waals surface area contributed by atoms with Gasteiger partial charge in [-0.3, -0.25) is 19.7 Å². The van der Waals surface area contributed by atoms with E-state index in [9.17, 15) is 19.7 Å². The number of nitro benzene ring substituents is 1. The molecule has 5 rings (SSSR count). The molecule has 0 atom stereocenters. The lowest BCUT2D eigenvalue weighted by molar-refractivity contribution is -0.384. The Morgan fingerprint density at radius 2 is 1.68 bits per heavy atom. The summed E-state index contributed by atoms with van der Waals surface area (Å²) < 4.78 is 19.0. The van der Waals surface area contributed by atoms with Gasteiger partial charge in [-0.2, -0.15) is 0 Å². The summed E-state index contributed by atoms with van der Waals surface area (Å²) in [4.78, 5) is 36.9. The third kappa shape index (κ3) is 5.01. The molecule has 2 aromatic carbocycles. The van der Waals surface area contributed by atoms with Crippen LogP contribution in [0.25, 0.3) is 0 Å². The molecule has 0 fully saturated rings. The summed E-state index contributed by atoms with van der Waals surface area (Å²) >= 11 is 2.17. The number of non-ortho nitro benzene ring substituents is 1. The van der Waals surface area contributed by atoms with E-state index in [4.69, 9.17) is 14.2 Å². The molecule has 2 aliphatic carbocycles. The number of carbonyl (C=O) groups is 2. The minimum atomic E-state index is -0.488. The van der Waals surface area contributed by atoms with E-state index < -0.39 is 10.8 Å². The van der Waals surface area contributed by atoms with Crippen molar-refractivity contribution in [2.75, 3.05) is 6.61 Å². The van der Waals surface area contributed by atoms with Crippen LogP contribution >= 0.6 is 22.6 Å². The fourth-order valence-electron chi connectivity index (χ4n) is 5.22. The summed E-state index contributed by atoms with van der Waals surface area (Å²) in [6, 6.07) is 10.1. The first-order valence-corrected chi connectivity index (χ1v) is 13.5. The molecule has 9 heteroatoms. The van der Waals surface area contributed by atoms with Crippen molar-refractivity contribution in [3.8, 4) is 11.5 Å². The van der Waals surface area contributed by atoms with Gasteiger partial charge in [0.2, 0.25) is 0 Å². The van der Waals surface area contributed by atoms with Gasteiger partial charge >= 0.3 is 0 Å². The largest absolute Gasteiger partial charge is 0.490 e. The Balaban J connectivity index is 1.55. The summed E-state index contributed by atoms with van der Waals surface area (Å²) in [6.07, 6.45) is 3.73. The fourth-order valence-corrected chi connectivity index (χ4v) is 6.01. The van der Waals surface area contributed by atoms with Crippen molar-refractivity contribution in [3.63, 3.8) is 0 Å². The van der Waals surface area contributed by atoms with Gasteiger partial charge in [0.05, 0.1) is 15.1 Å². The van der Waals surface area contributed by atoms with Crippen molar-refractivity contribution in [1.29, 1.82) is 0 Å². The Kier molecular flexibility index (Phi) is 7.32. The number of hydrogen-bond acceptors (Lipinski definition) is 7. The minimum Gasteiger partial charge on any atom is -0.490 e. The first-order chi connectivity index (χ1) is 17.9. The number of halogens is 1. The number of ketones is 2. The zero-order valence-corrected chi connectivity index (χ0v) is 22.5. The number of nitrogens with zero attached hydrogens (tertiary/aromatic N) is 1. The Bertz CT molecular complexity index is 1320. The fraction of sp³-hybridized carbons (Fsp3) is 0.357. The van der Waals surface area contributed by atoms with E-state index in [2.05, 4.69) is 22.6 Å². The molecule has 0 radical (unpaired) electrons. The van der Waals surface area contributed by atoms with Gasteiger partial charge in [-0.05, 0) is 65.6 Å². The van der Waals surface area contributed by atoms with Gasteiger partial charge in [0.25, 0.3) is 5.69 Å². The van der Waals surface area contributed by atoms with Crippen LogP contribution in [0, 0.1) is 13.7 Å². The summed E-state index contributed by atoms with van der Waals surface area (Å²) in [6.45, 7) is 2.38. The molecule has 0 saturated heterocycles. The van der Waals surface area contributed by atoms with E-state index in [0.717, 1.165) is 22.0 Å². The number of Topliss-reactive ketones (excluding diaryl/α,β-unsaturated/α-hetero) is 2. The van der Waals surface area contributed by atoms with E-state index in [-0.39, 0.29) is 23.9 Å². The molecule has 1 aliphatic heterocycles. The number of allylic oxidation sites excluding steroid dienone is 4. The molecule has 0 bridgehead atoms. The van der Waals surface area contributed by atoms with Gasteiger partial charge in [-0.1, -0.05) is 12.1 Å². The normalized spacial score (nSPS) is 17.8. The highest BCUT2D eigenvalue weighted by atomic mass is 127. The number of rotatable bonds is 7. The van der Waals surface area contributed by atoms with E-state index in [1.165, 1.54) is 12.1 Å². The molecule has 1 heterocycles. The highest BCUT2D eigenvalue weighted by Gasteiger charge is 2.42. The summed E-state index contributed by atoms with van der Waals surface area (Å²) in [5.41, 5.74) is 2.63. The molecule has 3 aliphatic rings. The highest BCUT2D eigenvalue weighted by Crippen LogP contribution is 2.49. The van der Waals surface area contributed by atoms with Crippen molar-refractivity contribution in [3.05, 3.63) is 83.9 Å². The average Bonchev–Trinajstić information content (AvgIpc) is 2.87. The van der Waals surface area contributed by atoms with Crippen LogP contribution in [0.2, 0.25) is 0 Å². The summed E-state index contributed by atoms with van der Waals surface area (Å²) in [7, 11) is 0. The van der Waals surface area contributed by atoms with Gasteiger partial charge in [0.1, 0.15) is 18.1 Å². The van der Waals surface area contributed by atoms with E-state index in [1.807, 2.05) is 19.1 Å². The third-order valence-corrected chi connectivity index (χ3v) is 7.61. The third-order valence-electron chi connectivity index (χ3n) is 6.81. The van der Waals surface area contributed by atoms with Gasteiger partial charge in [-0.25, -0.2) is 0 Å². The number of ether oxygens (including phenoxy) is 3. The lowest BCUT2D eigenvalue weighted by Gasteiger charge is -2.36. The number of benzene rings is 2. The molecule has 2 aromatic rings. The molecule has 0 spiro atoms. The molecule has 0 aromatic heterocycles. The summed E-state index contributed by atoms with van der Waals surface area (Å²) in [5.74, 6) is 1.95. The molecule has 8 nitrogen and oxygen atoms in total. The van der Waals surface area contributed by atoms with Crippen LogP contribution in [0.5, 0.6) is 11.5 Å². The lowest BCUT2D eigenvalue weighted by atomic mass is 9.73. The van der Waals surface area contributed by atoms with Crippen molar-refractivity contribution >= 4 is 39.8 Å². The second kappa shape index (κ2) is 10.6. The van der Waals surface area contributed by atoms with Crippen LogP contribution in [-0.2, 0) is 20.9 Å². The Morgan fingerprint density at radius 3 is 2.30 bits per heavy atom. The second-order valence-electron chi connectivity index (χ2n) is 9.24. The van der Waals surface area contributed by atoms with Crippen molar-refractivity contribution in [1.82, 2.24) is 0 Å². The number of hydrogen-bond donors (Lipinski definition) is 0. The maximum atomic E-state index is 13.1. The Labute approximate surface area is 228 Å². The predicted molar refractivity (Wildman–Crippen MR) is 143 cm³/mol. The molecule has 0 N–H and O–H groups in total. The highest BCUT2D eigenvalue weighted by molar-refractivity contribution is 14.1. The minimum absolute atomic E-state index is 0.00171. The van der Waals surface area contributed by atoms with Gasteiger partial charge in [0.15, 0.2) is 23.1 Å². The number of nitro groups is 1. The van der Waals surface area contributed by atoms with Crippen molar-refractivity contribution < 1.29 is 28.7 Å². The Morgan fingerprint density at radius 1 is 1.00 bits per heavy atom. The molecular weight excluding hydrogens is 589 g/mol. The maximum Gasteiger partial charge on any atom is 0.269 e. The van der Waals surface area contributed by atoms with Gasteiger partial charge < -0.3 is 14.2 Å². The second-order valence-corrected chi connectivity index (χ2v) is 10.4. The predicted octanol–water partition coefficient (Wildman–Crippen LogP) is 6.31. The van der Waals surface area contributed by atoms with Crippen LogP contribution in [0.3, 0.4) is 0 Å². The zero-order chi connectivity index (χ0) is 26.1. The number of carbonyl (C=O) groups excluding carboxylic acids is 2. The molecule has 192 valence electrons. The van der Waals surface area contributed by atoms with E-state index in [1.54, 1.807) is 12.1 Å².